The number of carbonyl (C=O) groups excluding carboxylic acids is 1. The molecule has 0 saturated carbocycles. The summed E-state index contributed by atoms with van der Waals surface area (Å²) < 4.78 is 43.0. The number of nitrogens with one attached hydrogen (secondary N) is 2. The zero-order chi connectivity index (χ0) is 27.6. The van der Waals surface area contributed by atoms with Gasteiger partial charge in [0, 0.05) is 59.9 Å². The Morgan fingerprint density at radius 1 is 0.923 bits per heavy atom. The van der Waals surface area contributed by atoms with Crippen LogP contribution in [0.25, 0.3) is 22.3 Å². The van der Waals surface area contributed by atoms with Crippen LogP contribution in [0.2, 0.25) is 0 Å². The second-order valence-corrected chi connectivity index (χ2v) is 8.94. The third-order valence-corrected chi connectivity index (χ3v) is 6.12. The van der Waals surface area contributed by atoms with E-state index < -0.39 is 17.6 Å². The summed E-state index contributed by atoms with van der Waals surface area (Å²) in [6, 6.07) is 16.2. The monoisotopic (exact) mass is 528 g/mol. The fraction of sp³-hybridized carbons (Fsp3) is 0.103. The lowest BCUT2D eigenvalue weighted by Gasteiger charge is -2.15. The summed E-state index contributed by atoms with van der Waals surface area (Å²) in [6.07, 6.45) is 3.37. The fourth-order valence-electron chi connectivity index (χ4n) is 4.12. The van der Waals surface area contributed by atoms with Crippen molar-refractivity contribution in [1.29, 1.82) is 0 Å². The number of pyridine rings is 2. The molecule has 0 fully saturated rings. The molecule has 0 aliphatic rings. The first-order valence-corrected chi connectivity index (χ1v) is 11.9. The molecule has 3 aromatic heterocycles. The molecule has 0 unspecified atom stereocenters. The van der Waals surface area contributed by atoms with Crippen LogP contribution < -0.4 is 10.6 Å². The van der Waals surface area contributed by atoms with Crippen LogP contribution in [0.3, 0.4) is 0 Å². The molecule has 10 heteroatoms. The van der Waals surface area contributed by atoms with E-state index in [0.717, 1.165) is 22.8 Å². The van der Waals surface area contributed by atoms with Gasteiger partial charge in [0.25, 0.3) is 5.91 Å². The molecule has 5 rings (SSSR count). The highest BCUT2D eigenvalue weighted by molar-refractivity contribution is 6.05. The molecule has 7 nitrogen and oxygen atoms in total. The van der Waals surface area contributed by atoms with Crippen molar-refractivity contribution in [1.82, 2.24) is 19.7 Å². The standard InChI is InChI=1S/C29H23F3N6O/c1-18-5-6-20(12-26(18)37-27-13-19(9-11-34-27)21-4-3-10-33-15-21)28(39)36-23-7-8-24(22-16-35-38(2)17-22)25(14-23)29(30,31)32/h3-17H,1-2H3,(H,34,37)(H,36,39). The molecule has 5 aromatic rings. The second kappa shape index (κ2) is 10.4. The van der Waals surface area contributed by atoms with Crippen molar-refractivity contribution >= 4 is 23.1 Å². The van der Waals surface area contributed by atoms with Crippen molar-refractivity contribution < 1.29 is 18.0 Å². The lowest BCUT2D eigenvalue weighted by atomic mass is 10.0. The van der Waals surface area contributed by atoms with Gasteiger partial charge in [-0.15, -0.1) is 0 Å². The molecule has 3 heterocycles. The van der Waals surface area contributed by atoms with Crippen LogP contribution in [-0.2, 0) is 13.2 Å². The number of aryl methyl sites for hydroxylation is 2. The Bertz CT molecular complexity index is 1650. The molecule has 0 saturated heterocycles. The highest BCUT2D eigenvalue weighted by Gasteiger charge is 2.34. The van der Waals surface area contributed by atoms with Crippen molar-refractivity contribution in [2.75, 3.05) is 10.6 Å². The quantitative estimate of drug-likeness (QED) is 0.251. The molecule has 1 amide bonds. The smallest absolute Gasteiger partial charge is 0.340 e. The summed E-state index contributed by atoms with van der Waals surface area (Å²) >= 11 is 0. The minimum atomic E-state index is -4.62. The molecule has 0 aliphatic carbocycles. The number of anilines is 3. The average molecular weight is 529 g/mol. The number of hydrogen-bond acceptors (Lipinski definition) is 5. The Hall–Kier alpha value is -4.99. The Morgan fingerprint density at radius 2 is 1.77 bits per heavy atom. The third-order valence-electron chi connectivity index (χ3n) is 6.12. The molecule has 2 aromatic carbocycles. The summed E-state index contributed by atoms with van der Waals surface area (Å²) in [4.78, 5) is 21.5. The number of halogens is 3. The predicted octanol–water partition coefficient (Wildman–Crippen LogP) is 6.87. The maximum atomic E-state index is 13.9. The van der Waals surface area contributed by atoms with Gasteiger partial charge < -0.3 is 10.6 Å². The number of alkyl halides is 3. The van der Waals surface area contributed by atoms with Crippen LogP contribution in [0.5, 0.6) is 0 Å². The molecule has 0 aliphatic heterocycles. The third kappa shape index (κ3) is 5.80. The zero-order valence-electron chi connectivity index (χ0n) is 21.0. The highest BCUT2D eigenvalue weighted by atomic mass is 19.4. The Kier molecular flexibility index (Phi) is 6.84. The number of hydrogen-bond donors (Lipinski definition) is 2. The van der Waals surface area contributed by atoms with Crippen LogP contribution in [0.15, 0.2) is 91.6 Å². The van der Waals surface area contributed by atoms with Crippen LogP contribution in [-0.4, -0.2) is 25.7 Å². The van der Waals surface area contributed by atoms with Gasteiger partial charge in [0.1, 0.15) is 5.82 Å². The van der Waals surface area contributed by atoms with E-state index in [1.54, 1.807) is 43.8 Å². The molecule has 39 heavy (non-hydrogen) atoms. The van der Waals surface area contributed by atoms with Crippen molar-refractivity contribution in [3.8, 4) is 22.3 Å². The lowest BCUT2D eigenvalue weighted by Crippen LogP contribution is -2.14. The van der Waals surface area contributed by atoms with E-state index in [-0.39, 0.29) is 16.8 Å². The SMILES string of the molecule is Cc1ccc(C(=O)Nc2ccc(-c3cnn(C)c3)c(C(F)(F)F)c2)cc1Nc1cc(-c2cccnc2)ccn1. The van der Waals surface area contributed by atoms with Crippen LogP contribution >= 0.6 is 0 Å². The first kappa shape index (κ1) is 25.7. The van der Waals surface area contributed by atoms with Crippen LogP contribution in [0.4, 0.5) is 30.4 Å². The Balaban J connectivity index is 1.38. The van der Waals surface area contributed by atoms with Gasteiger partial charge in [-0.3, -0.25) is 14.5 Å². The summed E-state index contributed by atoms with van der Waals surface area (Å²) in [7, 11) is 1.63. The van der Waals surface area contributed by atoms with Crippen molar-refractivity contribution in [2.24, 2.45) is 7.05 Å². The lowest BCUT2D eigenvalue weighted by molar-refractivity contribution is -0.137. The van der Waals surface area contributed by atoms with Crippen LogP contribution in [0.1, 0.15) is 21.5 Å². The van der Waals surface area contributed by atoms with E-state index in [4.69, 9.17) is 0 Å². The van der Waals surface area contributed by atoms with Crippen molar-refractivity contribution in [3.05, 3.63) is 108 Å². The van der Waals surface area contributed by atoms with Gasteiger partial charge in [0.15, 0.2) is 0 Å². The molecule has 0 spiro atoms. The molecule has 0 atom stereocenters. The van der Waals surface area contributed by atoms with Crippen molar-refractivity contribution in [3.63, 3.8) is 0 Å². The first-order chi connectivity index (χ1) is 18.7. The van der Waals surface area contributed by atoms with Gasteiger partial charge in [-0.05, 0) is 66.1 Å². The highest BCUT2D eigenvalue weighted by Crippen LogP contribution is 2.38. The number of nitrogens with zero attached hydrogens (tertiary/aromatic N) is 4. The fourth-order valence-corrected chi connectivity index (χ4v) is 4.12. The average Bonchev–Trinajstić information content (AvgIpc) is 3.36. The number of benzene rings is 2. The molecule has 0 bridgehead atoms. The predicted molar refractivity (Wildman–Crippen MR) is 144 cm³/mol. The van der Waals surface area contributed by atoms with E-state index in [9.17, 15) is 18.0 Å². The minimum Gasteiger partial charge on any atom is -0.340 e. The van der Waals surface area contributed by atoms with Gasteiger partial charge in [-0.25, -0.2) is 4.98 Å². The number of carbonyl (C=O) groups is 1. The first-order valence-electron chi connectivity index (χ1n) is 11.9. The van der Waals surface area contributed by atoms with E-state index >= 15 is 0 Å². The summed E-state index contributed by atoms with van der Waals surface area (Å²) in [5, 5.41) is 9.77. The normalized spacial score (nSPS) is 11.3. The molecular formula is C29H23F3N6O. The van der Waals surface area contributed by atoms with Gasteiger partial charge >= 0.3 is 6.18 Å². The minimum absolute atomic E-state index is 0.0172. The molecule has 2 N–H and O–H groups in total. The van der Waals surface area contributed by atoms with E-state index in [0.29, 0.717) is 17.1 Å². The van der Waals surface area contributed by atoms with Gasteiger partial charge in [0.05, 0.1) is 11.8 Å². The zero-order valence-corrected chi connectivity index (χ0v) is 21.0. The van der Waals surface area contributed by atoms with E-state index in [1.165, 1.54) is 29.2 Å². The number of rotatable bonds is 6. The summed E-state index contributed by atoms with van der Waals surface area (Å²) in [6.45, 7) is 1.88. The van der Waals surface area contributed by atoms with Crippen molar-refractivity contribution in [2.45, 2.75) is 13.1 Å². The van der Waals surface area contributed by atoms with Gasteiger partial charge in [-0.1, -0.05) is 18.2 Å². The van der Waals surface area contributed by atoms with Crippen LogP contribution in [0, 0.1) is 6.92 Å². The summed E-state index contributed by atoms with van der Waals surface area (Å²) in [5.41, 5.74) is 3.11. The van der Waals surface area contributed by atoms with Gasteiger partial charge in [0.2, 0.25) is 0 Å². The van der Waals surface area contributed by atoms with Gasteiger partial charge in [-0.2, -0.15) is 18.3 Å². The topological polar surface area (TPSA) is 84.7 Å². The Labute approximate surface area is 222 Å². The Morgan fingerprint density at radius 3 is 2.49 bits per heavy atom. The maximum Gasteiger partial charge on any atom is 0.417 e. The molecule has 196 valence electrons. The number of aromatic nitrogens is 4. The van der Waals surface area contributed by atoms with E-state index in [2.05, 4.69) is 25.7 Å². The summed E-state index contributed by atoms with van der Waals surface area (Å²) in [5.74, 6) is 0.0233. The second-order valence-electron chi connectivity index (χ2n) is 8.94. The van der Waals surface area contributed by atoms with E-state index in [1.807, 2.05) is 31.2 Å². The maximum absolute atomic E-state index is 13.9. The number of amides is 1. The molecule has 0 radical (unpaired) electrons. The molecular weight excluding hydrogens is 505 g/mol. The largest absolute Gasteiger partial charge is 0.417 e.